The quantitative estimate of drug-likeness (QED) is 0.240. The first-order chi connectivity index (χ1) is 19.8. The highest BCUT2D eigenvalue weighted by atomic mass is 32.2. The van der Waals surface area contributed by atoms with Crippen LogP contribution in [0.4, 0.5) is 4.79 Å². The lowest BCUT2D eigenvalue weighted by molar-refractivity contribution is -0.119. The Balaban J connectivity index is 1.27. The Morgan fingerprint density at radius 3 is 1.95 bits per heavy atom. The maximum atomic E-state index is 12.9. The van der Waals surface area contributed by atoms with Crippen LogP contribution < -0.4 is 11.1 Å². The van der Waals surface area contributed by atoms with Crippen LogP contribution in [-0.4, -0.2) is 40.9 Å². The molecule has 3 atom stereocenters. The zero-order valence-corrected chi connectivity index (χ0v) is 24.5. The third kappa shape index (κ3) is 6.55. The molecule has 0 aliphatic heterocycles. The molecule has 4 aromatic rings. The number of ether oxygens (including phenoxy) is 1. The van der Waals surface area contributed by atoms with Crippen LogP contribution in [-0.2, 0) is 20.3 Å². The fraction of sp³-hybridized carbons (Fsp3) is 0.212. The average Bonchev–Trinajstić information content (AvgIpc) is 3.30. The van der Waals surface area contributed by atoms with Crippen LogP contribution in [0.25, 0.3) is 11.1 Å². The Bertz CT molecular complexity index is 1530. The lowest BCUT2D eigenvalue weighted by Gasteiger charge is -2.22. The Morgan fingerprint density at radius 1 is 0.878 bits per heavy atom. The number of primary amides is 1. The molecule has 5 rings (SSSR count). The Labute approximate surface area is 247 Å². The molecule has 210 valence electrons. The molecule has 2 amide bonds. The number of thioether (sulfide) groups is 1. The van der Waals surface area contributed by atoms with Crippen LogP contribution >= 0.6 is 11.8 Å². The Hall–Kier alpha value is -3.88. The van der Waals surface area contributed by atoms with E-state index >= 15 is 0 Å². The summed E-state index contributed by atoms with van der Waals surface area (Å²) in [7, 11) is -1.08. The summed E-state index contributed by atoms with van der Waals surface area (Å²) < 4.78 is 17.5. The van der Waals surface area contributed by atoms with Gasteiger partial charge in [0.1, 0.15) is 12.6 Å². The second-order valence-corrected chi connectivity index (χ2v) is 12.6. The molecule has 0 saturated carbocycles. The number of hydrogen-bond donors (Lipinski definition) is 2. The smallest absolute Gasteiger partial charge is 0.407 e. The molecule has 0 heterocycles. The summed E-state index contributed by atoms with van der Waals surface area (Å²) in [6, 6.07) is 31.1. The predicted molar refractivity (Wildman–Crippen MR) is 165 cm³/mol. The SMILES string of the molecule is Cc1ccc(C(SCC(NC(=O)OCC2c3ccccc3-c3ccccc32)C(N)=O)c2ccc(S(C)=O)cc2)cc1. The fourth-order valence-electron chi connectivity index (χ4n) is 5.13. The van der Waals surface area contributed by atoms with Gasteiger partial charge >= 0.3 is 6.09 Å². The normalized spacial score (nSPS) is 14.4. The van der Waals surface area contributed by atoms with Gasteiger partial charge in [0.05, 0.1) is 5.25 Å². The van der Waals surface area contributed by atoms with E-state index in [1.54, 1.807) is 6.26 Å². The van der Waals surface area contributed by atoms with E-state index in [0.717, 1.165) is 43.8 Å². The van der Waals surface area contributed by atoms with Gasteiger partial charge in [-0.1, -0.05) is 90.5 Å². The Morgan fingerprint density at radius 2 is 1.41 bits per heavy atom. The van der Waals surface area contributed by atoms with Gasteiger partial charge in [0.25, 0.3) is 0 Å². The molecule has 3 N–H and O–H groups in total. The molecular formula is C33H32N2O4S2. The molecular weight excluding hydrogens is 553 g/mol. The number of aryl methyl sites for hydroxylation is 1. The van der Waals surface area contributed by atoms with E-state index in [0.29, 0.717) is 0 Å². The fourth-order valence-corrected chi connectivity index (χ4v) is 6.98. The summed E-state index contributed by atoms with van der Waals surface area (Å²) in [6.45, 7) is 2.17. The molecule has 0 fully saturated rings. The number of carbonyl (C=O) groups is 2. The van der Waals surface area contributed by atoms with Crippen LogP contribution in [0, 0.1) is 6.92 Å². The van der Waals surface area contributed by atoms with Crippen molar-refractivity contribution < 1.29 is 18.5 Å². The molecule has 8 heteroatoms. The average molecular weight is 585 g/mol. The van der Waals surface area contributed by atoms with Gasteiger partial charge in [-0.3, -0.25) is 9.00 Å². The molecule has 4 aromatic carbocycles. The van der Waals surface area contributed by atoms with E-state index in [2.05, 4.69) is 41.7 Å². The maximum absolute atomic E-state index is 12.9. The van der Waals surface area contributed by atoms with Crippen molar-refractivity contribution in [1.29, 1.82) is 0 Å². The number of rotatable bonds is 10. The van der Waals surface area contributed by atoms with Crippen LogP contribution in [0.1, 0.15) is 39.0 Å². The van der Waals surface area contributed by atoms with Crippen molar-refractivity contribution in [2.75, 3.05) is 18.6 Å². The maximum Gasteiger partial charge on any atom is 0.407 e. The number of amides is 2. The van der Waals surface area contributed by atoms with Crippen LogP contribution in [0.3, 0.4) is 0 Å². The third-order valence-electron chi connectivity index (χ3n) is 7.30. The molecule has 0 spiro atoms. The van der Waals surface area contributed by atoms with Gasteiger partial charge in [-0.15, -0.1) is 11.8 Å². The number of alkyl carbamates (subject to hydrolysis) is 1. The minimum absolute atomic E-state index is 0.0825. The van der Waals surface area contributed by atoms with Gasteiger partial charge in [-0.05, 0) is 52.4 Å². The van der Waals surface area contributed by atoms with Crippen molar-refractivity contribution in [3.63, 3.8) is 0 Å². The number of benzene rings is 4. The highest BCUT2D eigenvalue weighted by molar-refractivity contribution is 7.99. The number of nitrogens with one attached hydrogen (secondary N) is 1. The first kappa shape index (κ1) is 28.6. The van der Waals surface area contributed by atoms with E-state index in [1.165, 1.54) is 11.8 Å². The molecule has 41 heavy (non-hydrogen) atoms. The van der Waals surface area contributed by atoms with E-state index in [9.17, 15) is 13.8 Å². The summed E-state index contributed by atoms with van der Waals surface area (Å²) in [5.41, 5.74) is 13.4. The number of fused-ring (bicyclic) bond motifs is 3. The highest BCUT2D eigenvalue weighted by Gasteiger charge is 2.30. The molecule has 0 saturated heterocycles. The molecule has 0 aromatic heterocycles. The first-order valence-electron chi connectivity index (χ1n) is 13.3. The van der Waals surface area contributed by atoms with E-state index in [-0.39, 0.29) is 23.5 Å². The topological polar surface area (TPSA) is 98.5 Å². The number of hydrogen-bond acceptors (Lipinski definition) is 5. The lowest BCUT2D eigenvalue weighted by atomic mass is 9.98. The second-order valence-electron chi connectivity index (χ2n) is 10.1. The molecule has 1 aliphatic carbocycles. The van der Waals surface area contributed by atoms with Crippen LogP contribution in [0.5, 0.6) is 0 Å². The zero-order valence-electron chi connectivity index (χ0n) is 22.9. The number of carbonyl (C=O) groups excluding carboxylic acids is 2. The lowest BCUT2D eigenvalue weighted by Crippen LogP contribution is -2.46. The summed E-state index contributed by atoms with van der Waals surface area (Å²) in [4.78, 5) is 26.0. The largest absolute Gasteiger partial charge is 0.449 e. The summed E-state index contributed by atoms with van der Waals surface area (Å²) in [5, 5.41) is 2.56. The highest BCUT2D eigenvalue weighted by Crippen LogP contribution is 2.44. The van der Waals surface area contributed by atoms with Crippen molar-refractivity contribution in [1.82, 2.24) is 5.32 Å². The van der Waals surface area contributed by atoms with Gasteiger partial charge in [0.15, 0.2) is 0 Å². The van der Waals surface area contributed by atoms with E-state index in [1.807, 2.05) is 67.6 Å². The minimum Gasteiger partial charge on any atom is -0.449 e. The van der Waals surface area contributed by atoms with Crippen molar-refractivity contribution in [2.24, 2.45) is 5.73 Å². The summed E-state index contributed by atoms with van der Waals surface area (Å²) >= 11 is 1.50. The minimum atomic E-state index is -1.08. The number of nitrogens with two attached hydrogens (primary N) is 1. The van der Waals surface area contributed by atoms with Gasteiger partial charge in [-0.25, -0.2) is 4.79 Å². The van der Waals surface area contributed by atoms with Crippen molar-refractivity contribution >= 4 is 34.6 Å². The Kier molecular flexibility index (Phi) is 8.90. The molecule has 6 nitrogen and oxygen atoms in total. The van der Waals surface area contributed by atoms with E-state index < -0.39 is 28.8 Å². The first-order valence-corrected chi connectivity index (χ1v) is 15.9. The second kappa shape index (κ2) is 12.7. The zero-order chi connectivity index (χ0) is 28.9. The van der Waals surface area contributed by atoms with Gasteiger partial charge in [0.2, 0.25) is 5.91 Å². The van der Waals surface area contributed by atoms with Crippen molar-refractivity contribution in [2.45, 2.75) is 29.0 Å². The van der Waals surface area contributed by atoms with Crippen LogP contribution in [0.15, 0.2) is 102 Å². The standard InChI is InChI=1S/C33H32N2O4S2/c1-21-11-13-22(14-12-21)31(23-15-17-24(18-16-23)41(2)38)40-20-30(32(34)36)35-33(37)39-19-29-27-9-5-3-7-25(27)26-8-4-6-10-28(26)29/h3-18,29-31H,19-20H2,1-2H3,(H2,34,36)(H,35,37). The molecule has 3 unspecified atom stereocenters. The molecule has 0 bridgehead atoms. The monoisotopic (exact) mass is 584 g/mol. The third-order valence-corrected chi connectivity index (χ3v) is 9.64. The predicted octanol–water partition coefficient (Wildman–Crippen LogP) is 5.95. The molecule has 1 aliphatic rings. The van der Waals surface area contributed by atoms with Gasteiger partial charge in [-0.2, -0.15) is 0 Å². The van der Waals surface area contributed by atoms with Crippen LogP contribution in [0.2, 0.25) is 0 Å². The summed E-state index contributed by atoms with van der Waals surface area (Å²) in [6.07, 6.45) is 0.964. The summed E-state index contributed by atoms with van der Waals surface area (Å²) in [5.74, 6) is -0.467. The van der Waals surface area contributed by atoms with E-state index in [4.69, 9.17) is 10.5 Å². The van der Waals surface area contributed by atoms with Gasteiger partial charge < -0.3 is 15.8 Å². The molecule has 0 radical (unpaired) electrons. The van der Waals surface area contributed by atoms with Crippen molar-refractivity contribution in [3.05, 3.63) is 125 Å². The van der Waals surface area contributed by atoms with Gasteiger partial charge in [0, 0.05) is 33.6 Å². The van der Waals surface area contributed by atoms with Crippen molar-refractivity contribution in [3.8, 4) is 11.1 Å².